The van der Waals surface area contributed by atoms with Gasteiger partial charge in [0.25, 0.3) is 0 Å². The molecule has 1 aromatic carbocycles. The maximum absolute atomic E-state index is 6.32. The van der Waals surface area contributed by atoms with Crippen molar-refractivity contribution in [3.63, 3.8) is 0 Å². The predicted molar refractivity (Wildman–Crippen MR) is 111 cm³/mol. The first-order valence-corrected chi connectivity index (χ1v) is 10.1. The molecule has 1 atom stereocenters. The number of nitrogens with two attached hydrogens (primary N) is 1. The summed E-state index contributed by atoms with van der Waals surface area (Å²) in [5.74, 6) is 1.45. The number of hydrogen-bond acceptors (Lipinski definition) is 6. The van der Waals surface area contributed by atoms with E-state index in [0.717, 1.165) is 22.4 Å². The van der Waals surface area contributed by atoms with Gasteiger partial charge in [-0.1, -0.05) is 36.8 Å². The number of aromatic nitrogens is 4. The quantitative estimate of drug-likeness (QED) is 0.611. The van der Waals surface area contributed by atoms with Gasteiger partial charge in [-0.05, 0) is 36.7 Å². The van der Waals surface area contributed by atoms with Gasteiger partial charge in [0.2, 0.25) is 5.95 Å². The summed E-state index contributed by atoms with van der Waals surface area (Å²) in [6.45, 7) is 0.569. The van der Waals surface area contributed by atoms with Crippen molar-refractivity contribution in [1.29, 1.82) is 0 Å². The molecular formula is C21H27N7. The number of benzene rings is 1. The van der Waals surface area contributed by atoms with Crippen LogP contribution >= 0.6 is 0 Å². The van der Waals surface area contributed by atoms with Crippen LogP contribution in [0.25, 0.3) is 11.0 Å². The molecule has 0 saturated heterocycles. The zero-order chi connectivity index (χ0) is 19.1. The molecule has 2 fully saturated rings. The minimum absolute atomic E-state index is 0.117. The largest absolute Gasteiger partial charge is 0.367 e. The normalized spacial score (nSPS) is 19.2. The van der Waals surface area contributed by atoms with E-state index in [1.54, 1.807) is 4.68 Å². The minimum Gasteiger partial charge on any atom is -0.367 e. The summed E-state index contributed by atoms with van der Waals surface area (Å²) in [6, 6.07) is 10.5. The van der Waals surface area contributed by atoms with E-state index < -0.39 is 0 Å². The van der Waals surface area contributed by atoms with Crippen LogP contribution in [0.2, 0.25) is 0 Å². The Kier molecular flexibility index (Phi) is 4.19. The van der Waals surface area contributed by atoms with Crippen LogP contribution in [0.15, 0.2) is 36.5 Å². The van der Waals surface area contributed by atoms with Crippen molar-refractivity contribution < 1.29 is 0 Å². The topological polar surface area (TPSA) is 93.7 Å². The monoisotopic (exact) mass is 377 g/mol. The van der Waals surface area contributed by atoms with Gasteiger partial charge in [-0.3, -0.25) is 4.68 Å². The van der Waals surface area contributed by atoms with Crippen LogP contribution < -0.4 is 16.4 Å². The van der Waals surface area contributed by atoms with Gasteiger partial charge in [-0.2, -0.15) is 15.1 Å². The second-order valence-corrected chi connectivity index (χ2v) is 8.40. The van der Waals surface area contributed by atoms with Crippen LogP contribution in [0, 0.1) is 5.41 Å². The van der Waals surface area contributed by atoms with Gasteiger partial charge in [-0.15, -0.1) is 0 Å². The van der Waals surface area contributed by atoms with Gasteiger partial charge in [-0.25, -0.2) is 0 Å². The molecule has 7 nitrogen and oxygen atoms in total. The first kappa shape index (κ1) is 17.4. The number of hydrogen-bond donors (Lipinski definition) is 3. The Morgan fingerprint density at radius 3 is 2.71 bits per heavy atom. The number of fused-ring (bicyclic) bond motifs is 1. The van der Waals surface area contributed by atoms with Gasteiger partial charge < -0.3 is 16.4 Å². The van der Waals surface area contributed by atoms with Gasteiger partial charge in [0.05, 0.1) is 11.6 Å². The third kappa shape index (κ3) is 3.09. The smallest absolute Gasteiger partial charge is 0.226 e. The van der Waals surface area contributed by atoms with E-state index in [9.17, 15) is 0 Å². The molecule has 2 heterocycles. The van der Waals surface area contributed by atoms with Crippen LogP contribution in [-0.4, -0.2) is 32.3 Å². The van der Waals surface area contributed by atoms with Gasteiger partial charge in [0.1, 0.15) is 5.82 Å². The van der Waals surface area contributed by atoms with E-state index >= 15 is 0 Å². The molecule has 3 aromatic rings. The fraction of sp³-hybridized carbons (Fsp3) is 0.476. The van der Waals surface area contributed by atoms with E-state index in [1.165, 1.54) is 32.1 Å². The summed E-state index contributed by atoms with van der Waals surface area (Å²) in [6.07, 6.45) is 8.52. The van der Waals surface area contributed by atoms with Crippen LogP contribution in [0.4, 0.5) is 11.8 Å². The Morgan fingerprint density at radius 2 is 2.00 bits per heavy atom. The highest BCUT2D eigenvalue weighted by atomic mass is 15.3. The first-order chi connectivity index (χ1) is 13.6. The molecule has 4 N–H and O–H groups in total. The van der Waals surface area contributed by atoms with Crippen LogP contribution in [0.5, 0.6) is 0 Å². The highest BCUT2D eigenvalue weighted by molar-refractivity contribution is 5.87. The summed E-state index contributed by atoms with van der Waals surface area (Å²) in [7, 11) is 1.91. The van der Waals surface area contributed by atoms with E-state index in [4.69, 9.17) is 10.7 Å². The zero-order valence-electron chi connectivity index (χ0n) is 16.2. The minimum atomic E-state index is -0.117. The van der Waals surface area contributed by atoms with Crippen molar-refractivity contribution in [3.8, 4) is 0 Å². The summed E-state index contributed by atoms with van der Waals surface area (Å²) in [5, 5.41) is 12.3. The van der Waals surface area contributed by atoms with E-state index in [2.05, 4.69) is 20.7 Å². The van der Waals surface area contributed by atoms with Crippen molar-refractivity contribution >= 4 is 22.8 Å². The molecule has 5 rings (SSSR count). The van der Waals surface area contributed by atoms with Gasteiger partial charge in [0, 0.05) is 25.7 Å². The zero-order valence-corrected chi connectivity index (χ0v) is 16.2. The Bertz CT molecular complexity index is 969. The Morgan fingerprint density at radius 1 is 1.21 bits per heavy atom. The lowest BCUT2D eigenvalue weighted by molar-refractivity contribution is 0.0191. The lowest BCUT2D eigenvalue weighted by Gasteiger charge is -2.54. The van der Waals surface area contributed by atoms with Crippen molar-refractivity contribution in [2.75, 3.05) is 17.2 Å². The molecule has 2 aromatic heterocycles. The number of nitrogens with zero attached hydrogens (tertiary/aromatic N) is 4. The average Bonchev–Trinajstić information content (AvgIpc) is 3.02. The predicted octanol–water partition coefficient (Wildman–Crippen LogP) is 3.22. The van der Waals surface area contributed by atoms with E-state index in [-0.39, 0.29) is 6.04 Å². The fourth-order valence-electron chi connectivity index (χ4n) is 4.60. The molecular weight excluding hydrogens is 350 g/mol. The number of rotatable bonds is 6. The molecule has 2 aliphatic carbocycles. The maximum Gasteiger partial charge on any atom is 0.226 e. The fourth-order valence-corrected chi connectivity index (χ4v) is 4.60. The lowest BCUT2D eigenvalue weighted by Crippen LogP contribution is -2.49. The second-order valence-electron chi connectivity index (χ2n) is 8.40. The third-order valence-corrected chi connectivity index (χ3v) is 6.41. The molecule has 146 valence electrons. The summed E-state index contributed by atoms with van der Waals surface area (Å²) >= 11 is 0. The lowest BCUT2D eigenvalue weighted by atomic mass is 9.54. The Hall–Kier alpha value is -2.67. The standard InChI is InChI=1S/C21H27N7/c1-28-19-16(12-24-28)18(25-15-10-21(11-15)8-5-9-21)26-20(27-19)23-13-17(22)14-6-3-2-4-7-14/h2-4,6-7,12,15,17H,5,8-11,13,22H2,1H3,(H2,23,25,26,27)/t17-/m0/s1. The highest BCUT2D eigenvalue weighted by Crippen LogP contribution is 2.56. The summed E-state index contributed by atoms with van der Waals surface area (Å²) in [4.78, 5) is 9.40. The van der Waals surface area contributed by atoms with Gasteiger partial charge >= 0.3 is 0 Å². The van der Waals surface area contributed by atoms with Crippen LogP contribution in [0.3, 0.4) is 0 Å². The second kappa shape index (κ2) is 6.74. The molecule has 2 aliphatic rings. The van der Waals surface area contributed by atoms with Gasteiger partial charge in [0.15, 0.2) is 5.65 Å². The van der Waals surface area contributed by atoms with Crippen molar-refractivity contribution in [3.05, 3.63) is 42.1 Å². The SMILES string of the molecule is Cn1ncc2c(NC3CC4(CCC4)C3)nc(NC[C@H](N)c3ccccc3)nc21. The summed E-state index contributed by atoms with van der Waals surface area (Å²) < 4.78 is 1.79. The van der Waals surface area contributed by atoms with Crippen molar-refractivity contribution in [2.45, 2.75) is 44.2 Å². The van der Waals surface area contributed by atoms with Crippen LogP contribution in [0.1, 0.15) is 43.7 Å². The number of nitrogens with one attached hydrogen (secondary N) is 2. The molecule has 0 aliphatic heterocycles. The highest BCUT2D eigenvalue weighted by Gasteiger charge is 2.48. The Labute approximate surface area is 164 Å². The molecule has 2 saturated carbocycles. The maximum atomic E-state index is 6.32. The van der Waals surface area contributed by atoms with E-state index in [0.29, 0.717) is 23.9 Å². The van der Waals surface area contributed by atoms with Crippen molar-refractivity contribution in [2.24, 2.45) is 18.2 Å². The summed E-state index contributed by atoms with van der Waals surface area (Å²) in [5.41, 5.74) is 8.86. The molecule has 0 radical (unpaired) electrons. The molecule has 0 amide bonds. The Balaban J connectivity index is 1.33. The molecule has 0 bridgehead atoms. The number of anilines is 2. The molecule has 0 unspecified atom stereocenters. The van der Waals surface area contributed by atoms with Crippen LogP contribution in [-0.2, 0) is 7.05 Å². The first-order valence-electron chi connectivity index (χ1n) is 10.1. The number of aryl methyl sites for hydroxylation is 1. The molecule has 28 heavy (non-hydrogen) atoms. The van der Waals surface area contributed by atoms with Crippen molar-refractivity contribution in [1.82, 2.24) is 19.7 Å². The average molecular weight is 377 g/mol. The molecule has 7 heteroatoms. The molecule has 1 spiro atoms. The third-order valence-electron chi connectivity index (χ3n) is 6.41. The van der Waals surface area contributed by atoms with E-state index in [1.807, 2.05) is 43.6 Å².